The molecule has 0 N–H and O–H groups in total. The van der Waals surface area contributed by atoms with E-state index in [1.165, 1.54) is 16.3 Å². The van der Waals surface area contributed by atoms with Crippen molar-refractivity contribution < 1.29 is 13.9 Å². The van der Waals surface area contributed by atoms with Gasteiger partial charge in [-0.2, -0.15) is 0 Å². The number of para-hydroxylation sites is 5. The summed E-state index contributed by atoms with van der Waals surface area (Å²) in [6, 6.07) is 165. The SMILES string of the molecule is CC(C)(C)c1ccc2c(c1)N(c1c(-c3cccc(-c4ccccc4)c3)cccc1-c1cccc(-c3ccccc3)c1)c1cc(C(C)(C)C)cc3c1B2c1c(cc2c4c1Oc1cc(-n5c6ccccc6c6ccccc65)ccc1B4c1cc(-c4ccccc4)cc(-c4ccc5oc6ccccc6c5c4)c1O2)N3c1c(-c2cccc(-c3ccccc3)c2)cccc1-c1cccc(-c2ccccc2)c1. The van der Waals surface area contributed by atoms with Crippen LogP contribution in [0.2, 0.25) is 0 Å². The molecule has 4 aliphatic rings. The topological polar surface area (TPSA) is 43.0 Å². The van der Waals surface area contributed by atoms with Crippen molar-refractivity contribution in [2.24, 2.45) is 0 Å². The molecule has 0 aliphatic carbocycles. The summed E-state index contributed by atoms with van der Waals surface area (Å²) in [5.74, 6) is 3.00. The fourth-order valence-electron chi connectivity index (χ4n) is 22.2. The Hall–Kier alpha value is -16.7. The highest BCUT2D eigenvalue weighted by atomic mass is 16.5. The van der Waals surface area contributed by atoms with E-state index in [0.29, 0.717) is 5.75 Å². The molecule has 26 rings (SSSR count). The molecular formula is C128H91B2N3O3. The normalized spacial score (nSPS) is 12.8. The van der Waals surface area contributed by atoms with Crippen LogP contribution in [0.25, 0.3) is 161 Å². The molecule has 2 aromatic heterocycles. The summed E-state index contributed by atoms with van der Waals surface area (Å²) in [5, 5.41) is 4.45. The monoisotopic (exact) mass is 1740 g/mol. The van der Waals surface area contributed by atoms with Gasteiger partial charge in [-0.25, -0.2) is 0 Å². The third-order valence-corrected chi connectivity index (χ3v) is 28.8. The van der Waals surface area contributed by atoms with Crippen LogP contribution in [0.3, 0.4) is 0 Å². The number of furan rings is 1. The van der Waals surface area contributed by atoms with E-state index in [0.717, 1.165) is 240 Å². The molecule has 0 atom stereocenters. The Morgan fingerprint density at radius 1 is 0.221 bits per heavy atom. The number of aromatic nitrogens is 1. The lowest BCUT2D eigenvalue weighted by Crippen LogP contribution is -2.65. The number of nitrogens with zero attached hydrogens (tertiary/aromatic N) is 3. The van der Waals surface area contributed by atoms with Gasteiger partial charge < -0.3 is 28.3 Å². The highest BCUT2D eigenvalue weighted by molar-refractivity contribution is 7.03. The first-order valence-corrected chi connectivity index (χ1v) is 47.4. The van der Waals surface area contributed by atoms with Crippen LogP contribution in [-0.4, -0.2) is 18.0 Å². The van der Waals surface area contributed by atoms with Crippen LogP contribution in [0.4, 0.5) is 34.1 Å². The summed E-state index contributed by atoms with van der Waals surface area (Å²) in [7, 11) is 0. The Balaban J connectivity index is 0.830. The van der Waals surface area contributed by atoms with Crippen molar-refractivity contribution in [3.05, 3.63) is 454 Å². The zero-order valence-corrected chi connectivity index (χ0v) is 76.4. The average Bonchev–Trinajstić information content (AvgIpc) is 0.847. The molecule has 0 bridgehead atoms. The lowest BCUT2D eigenvalue weighted by atomic mass is 9.30. The minimum Gasteiger partial charge on any atom is -0.459 e. The third kappa shape index (κ3) is 13.2. The lowest BCUT2D eigenvalue weighted by molar-refractivity contribution is 0.468. The van der Waals surface area contributed by atoms with Gasteiger partial charge in [-0.3, -0.25) is 0 Å². The molecule has 0 spiro atoms. The number of hydrogen-bond acceptors (Lipinski definition) is 5. The molecule has 0 amide bonds. The van der Waals surface area contributed by atoms with Crippen molar-refractivity contribution in [1.82, 2.24) is 4.57 Å². The Kier molecular flexibility index (Phi) is 18.6. The highest BCUT2D eigenvalue weighted by Crippen LogP contribution is 2.58. The largest absolute Gasteiger partial charge is 0.459 e. The maximum absolute atomic E-state index is 8.65. The van der Waals surface area contributed by atoms with Gasteiger partial charge in [0.25, 0.3) is 13.4 Å². The fourth-order valence-corrected chi connectivity index (χ4v) is 22.2. The van der Waals surface area contributed by atoms with E-state index in [4.69, 9.17) is 13.9 Å². The minimum atomic E-state index is -0.519. The van der Waals surface area contributed by atoms with Crippen LogP contribution in [0.15, 0.2) is 447 Å². The van der Waals surface area contributed by atoms with Crippen molar-refractivity contribution in [2.45, 2.75) is 52.4 Å². The first kappa shape index (κ1) is 80.2. The Morgan fingerprint density at radius 3 is 1.12 bits per heavy atom. The average molecular weight is 1740 g/mol. The van der Waals surface area contributed by atoms with E-state index in [1.54, 1.807) is 0 Å². The summed E-state index contributed by atoms with van der Waals surface area (Å²) in [6.07, 6.45) is 0. The molecule has 8 heteroatoms. The zero-order chi connectivity index (χ0) is 90.8. The van der Waals surface area contributed by atoms with Crippen molar-refractivity contribution in [3.8, 4) is 140 Å². The molecular weight excluding hydrogens is 1650 g/mol. The van der Waals surface area contributed by atoms with Gasteiger partial charge >= 0.3 is 0 Å². The van der Waals surface area contributed by atoms with E-state index in [1.807, 2.05) is 0 Å². The molecule has 0 saturated carbocycles. The lowest BCUT2D eigenvalue weighted by Gasteiger charge is -2.48. The zero-order valence-electron chi connectivity index (χ0n) is 76.4. The molecule has 22 aromatic rings. The van der Waals surface area contributed by atoms with Gasteiger partial charge in [0.1, 0.15) is 34.2 Å². The van der Waals surface area contributed by atoms with Crippen LogP contribution >= 0.6 is 0 Å². The summed E-state index contributed by atoms with van der Waals surface area (Å²) in [4.78, 5) is 5.42. The molecule has 136 heavy (non-hydrogen) atoms. The summed E-state index contributed by atoms with van der Waals surface area (Å²) < 4.78 is 26.2. The molecule has 0 fully saturated rings. The van der Waals surface area contributed by atoms with Gasteiger partial charge in [-0.15, -0.1) is 0 Å². The van der Waals surface area contributed by atoms with Gasteiger partial charge in [0.15, 0.2) is 0 Å². The van der Waals surface area contributed by atoms with Crippen LogP contribution in [0.1, 0.15) is 52.7 Å². The third-order valence-electron chi connectivity index (χ3n) is 28.8. The Bertz CT molecular complexity index is 8390. The second-order valence-electron chi connectivity index (χ2n) is 38.9. The molecule has 0 unspecified atom stereocenters. The van der Waals surface area contributed by atoms with Gasteiger partial charge in [-0.1, -0.05) is 387 Å². The van der Waals surface area contributed by atoms with Crippen LogP contribution in [-0.2, 0) is 10.8 Å². The van der Waals surface area contributed by atoms with Gasteiger partial charge in [0.2, 0.25) is 0 Å². The standard InChI is InChI=1S/C128H91B2N3O3/c1-127(2,3)95-63-65-107-112(75-95)132(123-98(89-48-28-44-85(68-89)80-34-12-7-13-35-80)55-32-56-99(123)90-49-29-45-86(69-90)81-36-14-8-15-37-81)113-76-96(128(4,5)6)77-114-120(113)130(107)121-115(133(114)124-100(91-50-30-46-87(70-91)82-38-16-9-17-39-82)57-33-58-101(124)92-51-31-47-88(71-92)83-40-18-10-19-41-83)79-119-122-126(121)135-118-78-97(131-110-59-25-22-52-102(110)103-53-23-26-60-111(103)131)64-66-108(118)129(122)109-74-94(84-42-20-11-21-43-84)73-105(125(109)136-119)93-62-67-117-106(72-93)104-54-24-27-61-116(104)134-117/h7-79H,1-6H3. The van der Waals surface area contributed by atoms with E-state index in [2.05, 4.69) is 499 Å². The van der Waals surface area contributed by atoms with Crippen LogP contribution < -0.4 is 52.1 Å². The van der Waals surface area contributed by atoms with Gasteiger partial charge in [-0.05, 0) is 218 Å². The van der Waals surface area contributed by atoms with E-state index in [9.17, 15) is 0 Å². The van der Waals surface area contributed by atoms with Crippen molar-refractivity contribution >= 4 is 124 Å². The summed E-state index contributed by atoms with van der Waals surface area (Å²) in [6.45, 7) is 13.3. The Labute approximate surface area is 793 Å². The van der Waals surface area contributed by atoms with Crippen LogP contribution in [0, 0.1) is 0 Å². The van der Waals surface area contributed by atoms with Gasteiger partial charge in [0.05, 0.1) is 22.4 Å². The minimum absolute atomic E-state index is 0.313. The van der Waals surface area contributed by atoms with E-state index >= 15 is 0 Å². The highest BCUT2D eigenvalue weighted by Gasteiger charge is 2.52. The summed E-state index contributed by atoms with van der Waals surface area (Å²) in [5.41, 5.74) is 40.8. The molecule has 0 saturated heterocycles. The molecule has 20 aromatic carbocycles. The molecule has 4 aliphatic heterocycles. The number of anilines is 6. The predicted molar refractivity (Wildman–Crippen MR) is 572 cm³/mol. The number of ether oxygens (including phenoxy) is 2. The molecule has 6 nitrogen and oxygen atoms in total. The molecule has 642 valence electrons. The van der Waals surface area contributed by atoms with Crippen molar-refractivity contribution in [3.63, 3.8) is 0 Å². The molecule has 6 heterocycles. The second-order valence-corrected chi connectivity index (χ2v) is 38.9. The predicted octanol–water partition coefficient (Wildman–Crippen LogP) is 30.8. The van der Waals surface area contributed by atoms with E-state index < -0.39 is 18.8 Å². The fraction of sp³-hybridized carbons (Fsp3) is 0.0625. The first-order chi connectivity index (χ1) is 66.7. The number of fused-ring (bicyclic) bond motifs is 15. The summed E-state index contributed by atoms with van der Waals surface area (Å²) >= 11 is 0. The first-order valence-electron chi connectivity index (χ1n) is 47.4. The van der Waals surface area contributed by atoms with Crippen molar-refractivity contribution in [2.75, 3.05) is 9.80 Å². The van der Waals surface area contributed by atoms with E-state index in [-0.39, 0.29) is 5.41 Å². The van der Waals surface area contributed by atoms with Crippen LogP contribution in [0.5, 0.6) is 23.0 Å². The second kappa shape index (κ2) is 31.5. The van der Waals surface area contributed by atoms with Gasteiger partial charge in [0, 0.05) is 95.4 Å². The quantitative estimate of drug-likeness (QED) is 0.108. The van der Waals surface area contributed by atoms with Crippen molar-refractivity contribution in [1.29, 1.82) is 0 Å². The smallest absolute Gasteiger partial charge is 0.260 e. The number of hydrogen-bond donors (Lipinski definition) is 0. The number of rotatable bonds is 13. The maximum Gasteiger partial charge on any atom is 0.260 e. The number of benzene rings is 20. The molecule has 0 radical (unpaired) electrons. The maximum atomic E-state index is 8.65. The Morgan fingerprint density at radius 2 is 0.618 bits per heavy atom.